The van der Waals surface area contributed by atoms with Gasteiger partial charge in [0.1, 0.15) is 5.37 Å². The number of phenolic OH excluding ortho intramolecular Hbond substituents is 1. The number of benzene rings is 2. The molecule has 7 heteroatoms. The van der Waals surface area contributed by atoms with Crippen molar-refractivity contribution < 1.29 is 24.1 Å². The zero-order valence-electron chi connectivity index (χ0n) is 14.9. The van der Waals surface area contributed by atoms with Crippen LogP contribution in [0.2, 0.25) is 0 Å². The highest BCUT2D eigenvalue weighted by Crippen LogP contribution is 2.46. The van der Waals surface area contributed by atoms with Crippen molar-refractivity contribution >= 4 is 17.7 Å². The van der Waals surface area contributed by atoms with Gasteiger partial charge in [-0.25, -0.2) is 0 Å². The minimum Gasteiger partial charge on any atom is -0.504 e. The highest BCUT2D eigenvalue weighted by atomic mass is 32.2. The van der Waals surface area contributed by atoms with E-state index in [1.54, 1.807) is 49.1 Å². The summed E-state index contributed by atoms with van der Waals surface area (Å²) < 4.78 is 16.1. The van der Waals surface area contributed by atoms with Gasteiger partial charge in [0.15, 0.2) is 23.0 Å². The van der Waals surface area contributed by atoms with Crippen molar-refractivity contribution in [3.8, 4) is 23.0 Å². The highest BCUT2D eigenvalue weighted by molar-refractivity contribution is 8.00. The molecule has 1 unspecified atom stereocenters. The molecule has 1 aliphatic heterocycles. The van der Waals surface area contributed by atoms with Crippen molar-refractivity contribution in [2.45, 2.75) is 11.9 Å². The van der Waals surface area contributed by atoms with E-state index in [9.17, 15) is 9.90 Å². The number of hydrogen-bond acceptors (Lipinski definition) is 6. The molecule has 1 amide bonds. The largest absolute Gasteiger partial charge is 0.504 e. The van der Waals surface area contributed by atoms with E-state index >= 15 is 0 Å². The first kappa shape index (κ1) is 18.3. The van der Waals surface area contributed by atoms with E-state index in [0.29, 0.717) is 29.5 Å². The zero-order chi connectivity index (χ0) is 18.7. The van der Waals surface area contributed by atoms with Crippen LogP contribution in [0, 0.1) is 0 Å². The summed E-state index contributed by atoms with van der Waals surface area (Å²) in [6.45, 7) is 0.410. The summed E-state index contributed by atoms with van der Waals surface area (Å²) in [6.07, 6.45) is 0. The average Bonchev–Trinajstić information content (AvgIpc) is 3.02. The van der Waals surface area contributed by atoms with Gasteiger partial charge in [0.05, 0.1) is 27.1 Å². The molecule has 3 rings (SSSR count). The van der Waals surface area contributed by atoms with Crippen LogP contribution >= 0.6 is 11.8 Å². The summed E-state index contributed by atoms with van der Waals surface area (Å²) in [7, 11) is 4.69. The maximum absolute atomic E-state index is 12.5. The monoisotopic (exact) mass is 375 g/mol. The standard InChI is InChI=1S/C19H21NO5S/c1-23-15-6-4-5-13(18(15)25-3)19-20(17(22)11-26-19)10-12-7-8-14(21)16(9-12)24-2/h4-9,19,21H,10-11H2,1-3H3. The van der Waals surface area contributed by atoms with Gasteiger partial charge in [-0.2, -0.15) is 0 Å². The Labute approximate surface area is 156 Å². The molecular formula is C19H21NO5S. The number of carbonyl (C=O) groups excluding carboxylic acids is 1. The maximum atomic E-state index is 12.5. The van der Waals surface area contributed by atoms with Gasteiger partial charge in [0, 0.05) is 12.1 Å². The number of thioether (sulfide) groups is 1. The Morgan fingerprint density at radius 2 is 1.88 bits per heavy atom. The molecule has 1 fully saturated rings. The molecule has 1 N–H and O–H groups in total. The molecule has 138 valence electrons. The normalized spacial score (nSPS) is 16.7. The quantitative estimate of drug-likeness (QED) is 0.836. The second-order valence-corrected chi connectivity index (χ2v) is 6.84. The molecule has 1 atom stereocenters. The van der Waals surface area contributed by atoms with Gasteiger partial charge in [-0.05, 0) is 23.8 Å². The van der Waals surface area contributed by atoms with Gasteiger partial charge in [0.25, 0.3) is 0 Å². The van der Waals surface area contributed by atoms with E-state index in [-0.39, 0.29) is 17.0 Å². The minimum absolute atomic E-state index is 0.0527. The van der Waals surface area contributed by atoms with Crippen molar-refractivity contribution in [1.29, 1.82) is 0 Å². The molecule has 1 heterocycles. The summed E-state index contributed by atoms with van der Waals surface area (Å²) in [4.78, 5) is 14.3. The van der Waals surface area contributed by atoms with Crippen LogP contribution in [-0.4, -0.2) is 43.0 Å². The molecule has 2 aromatic rings. The van der Waals surface area contributed by atoms with Crippen LogP contribution in [0.25, 0.3) is 0 Å². The van der Waals surface area contributed by atoms with Crippen LogP contribution in [-0.2, 0) is 11.3 Å². The van der Waals surface area contributed by atoms with Crippen LogP contribution in [0.4, 0.5) is 0 Å². The fourth-order valence-electron chi connectivity index (χ4n) is 3.01. The second kappa shape index (κ2) is 7.78. The maximum Gasteiger partial charge on any atom is 0.234 e. The molecule has 0 bridgehead atoms. The zero-order valence-corrected chi connectivity index (χ0v) is 15.7. The fraction of sp³-hybridized carbons (Fsp3) is 0.316. The van der Waals surface area contributed by atoms with Gasteiger partial charge >= 0.3 is 0 Å². The number of ether oxygens (including phenoxy) is 3. The third-order valence-corrected chi connectivity index (χ3v) is 5.50. The lowest BCUT2D eigenvalue weighted by Crippen LogP contribution is -2.28. The number of methoxy groups -OCH3 is 3. The van der Waals surface area contributed by atoms with Gasteiger partial charge < -0.3 is 24.2 Å². The van der Waals surface area contributed by atoms with Crippen molar-refractivity contribution in [2.75, 3.05) is 27.1 Å². The number of para-hydroxylation sites is 1. The molecule has 0 saturated carbocycles. The summed E-state index contributed by atoms with van der Waals surface area (Å²) in [5, 5.41) is 9.59. The van der Waals surface area contributed by atoms with Gasteiger partial charge in [-0.15, -0.1) is 11.8 Å². The molecule has 6 nitrogen and oxygen atoms in total. The second-order valence-electron chi connectivity index (χ2n) is 5.77. The Bertz CT molecular complexity index is 811. The lowest BCUT2D eigenvalue weighted by Gasteiger charge is -2.26. The summed E-state index contributed by atoms with van der Waals surface area (Å²) >= 11 is 1.55. The van der Waals surface area contributed by atoms with E-state index in [0.717, 1.165) is 11.1 Å². The number of phenols is 1. The van der Waals surface area contributed by atoms with Crippen LogP contribution in [0.3, 0.4) is 0 Å². The predicted molar refractivity (Wildman–Crippen MR) is 100.0 cm³/mol. The summed E-state index contributed by atoms with van der Waals surface area (Å²) in [5.74, 6) is 2.19. The Hall–Kier alpha value is -2.54. The van der Waals surface area contributed by atoms with E-state index in [1.165, 1.54) is 7.11 Å². The number of hydrogen-bond donors (Lipinski definition) is 1. The highest BCUT2D eigenvalue weighted by Gasteiger charge is 2.35. The van der Waals surface area contributed by atoms with E-state index < -0.39 is 0 Å². The molecule has 1 saturated heterocycles. The van der Waals surface area contributed by atoms with Crippen LogP contribution in [0.5, 0.6) is 23.0 Å². The number of rotatable bonds is 6. The first-order valence-corrected chi connectivity index (χ1v) is 9.11. The van der Waals surface area contributed by atoms with Crippen LogP contribution < -0.4 is 14.2 Å². The van der Waals surface area contributed by atoms with E-state index in [4.69, 9.17) is 14.2 Å². The third-order valence-electron chi connectivity index (χ3n) is 4.26. The SMILES string of the molecule is COc1cc(CN2C(=O)CSC2c2cccc(OC)c2OC)ccc1O. The van der Waals surface area contributed by atoms with Crippen molar-refractivity contribution in [1.82, 2.24) is 4.90 Å². The number of nitrogens with zero attached hydrogens (tertiary/aromatic N) is 1. The van der Waals surface area contributed by atoms with E-state index in [2.05, 4.69) is 0 Å². The average molecular weight is 375 g/mol. The minimum atomic E-state index is -0.174. The van der Waals surface area contributed by atoms with Gasteiger partial charge in [-0.3, -0.25) is 4.79 Å². The molecule has 0 aromatic heterocycles. The van der Waals surface area contributed by atoms with E-state index in [1.807, 2.05) is 18.2 Å². The van der Waals surface area contributed by atoms with Crippen LogP contribution in [0.15, 0.2) is 36.4 Å². The summed E-state index contributed by atoms with van der Waals surface area (Å²) in [5.41, 5.74) is 1.77. The van der Waals surface area contributed by atoms with Gasteiger partial charge in [0.2, 0.25) is 5.91 Å². The topological polar surface area (TPSA) is 68.2 Å². The number of aromatic hydroxyl groups is 1. The lowest BCUT2D eigenvalue weighted by molar-refractivity contribution is -0.128. The first-order valence-electron chi connectivity index (χ1n) is 8.07. The summed E-state index contributed by atoms with van der Waals surface area (Å²) in [6, 6.07) is 10.8. The molecule has 1 aliphatic rings. The lowest BCUT2D eigenvalue weighted by atomic mass is 10.1. The molecule has 2 aromatic carbocycles. The van der Waals surface area contributed by atoms with Crippen molar-refractivity contribution in [3.05, 3.63) is 47.5 Å². The molecular weight excluding hydrogens is 354 g/mol. The van der Waals surface area contributed by atoms with Gasteiger partial charge in [-0.1, -0.05) is 18.2 Å². The number of carbonyl (C=O) groups is 1. The molecule has 26 heavy (non-hydrogen) atoms. The molecule has 0 spiro atoms. The van der Waals surface area contributed by atoms with Crippen molar-refractivity contribution in [3.63, 3.8) is 0 Å². The Balaban J connectivity index is 1.93. The molecule has 0 radical (unpaired) electrons. The van der Waals surface area contributed by atoms with Crippen molar-refractivity contribution in [2.24, 2.45) is 0 Å². The molecule has 0 aliphatic carbocycles. The fourth-order valence-corrected chi connectivity index (χ4v) is 4.21. The third kappa shape index (κ3) is 3.39. The smallest absolute Gasteiger partial charge is 0.234 e. The Kier molecular flexibility index (Phi) is 5.46. The Morgan fingerprint density at radius 1 is 1.12 bits per heavy atom. The predicted octanol–water partition coefficient (Wildman–Crippen LogP) is 3.19. The van der Waals surface area contributed by atoms with Crippen LogP contribution in [0.1, 0.15) is 16.5 Å². The first-order chi connectivity index (χ1) is 12.6. The number of amides is 1. The Morgan fingerprint density at radius 3 is 2.58 bits per heavy atom.